The first-order chi connectivity index (χ1) is 8.63. The zero-order valence-corrected chi connectivity index (χ0v) is 11.9. The van der Waals surface area contributed by atoms with Gasteiger partial charge in [-0.3, -0.25) is 0 Å². The van der Waals surface area contributed by atoms with Crippen LogP contribution in [-0.4, -0.2) is 38.2 Å². The van der Waals surface area contributed by atoms with Crippen molar-refractivity contribution in [3.8, 4) is 5.75 Å². The predicted octanol–water partition coefficient (Wildman–Crippen LogP) is 2.35. The van der Waals surface area contributed by atoms with Crippen LogP contribution in [0, 0.1) is 13.8 Å². The summed E-state index contributed by atoms with van der Waals surface area (Å²) in [5.74, 6) is 1.01. The van der Waals surface area contributed by atoms with Crippen molar-refractivity contribution >= 4 is 0 Å². The van der Waals surface area contributed by atoms with Gasteiger partial charge >= 0.3 is 0 Å². The number of nitrogens with two attached hydrogens (primary N) is 1. The largest absolute Gasteiger partial charge is 0.493 e. The van der Waals surface area contributed by atoms with Gasteiger partial charge in [0.25, 0.3) is 0 Å². The molecule has 0 aliphatic rings. The molecule has 0 radical (unpaired) electrons. The first-order valence-electron chi connectivity index (χ1n) is 6.72. The molecule has 0 spiro atoms. The van der Waals surface area contributed by atoms with Crippen molar-refractivity contribution in [1.29, 1.82) is 0 Å². The van der Waals surface area contributed by atoms with Crippen LogP contribution in [-0.2, 0) is 0 Å². The summed E-state index contributed by atoms with van der Waals surface area (Å²) in [6.07, 6.45) is 2.11. The summed E-state index contributed by atoms with van der Waals surface area (Å²) in [5, 5.41) is 0. The van der Waals surface area contributed by atoms with Gasteiger partial charge < -0.3 is 15.4 Å². The summed E-state index contributed by atoms with van der Waals surface area (Å²) in [6, 6.07) is 6.33. The predicted molar refractivity (Wildman–Crippen MR) is 77.2 cm³/mol. The van der Waals surface area contributed by atoms with Crippen LogP contribution in [0.5, 0.6) is 5.75 Å². The maximum Gasteiger partial charge on any atom is 0.122 e. The zero-order chi connectivity index (χ0) is 13.4. The highest BCUT2D eigenvalue weighted by molar-refractivity contribution is 5.35. The van der Waals surface area contributed by atoms with Crippen molar-refractivity contribution in [1.82, 2.24) is 4.90 Å². The number of hydrogen-bond donors (Lipinski definition) is 1. The van der Waals surface area contributed by atoms with E-state index >= 15 is 0 Å². The van der Waals surface area contributed by atoms with Gasteiger partial charge in [0.1, 0.15) is 5.75 Å². The van der Waals surface area contributed by atoms with Gasteiger partial charge in [0.05, 0.1) is 6.61 Å². The molecular formula is C15H26N2O. The van der Waals surface area contributed by atoms with Crippen molar-refractivity contribution in [3.05, 3.63) is 29.3 Å². The lowest BCUT2D eigenvalue weighted by Crippen LogP contribution is -2.24. The molecule has 0 aromatic heterocycles. The Hall–Kier alpha value is -1.06. The van der Waals surface area contributed by atoms with Crippen molar-refractivity contribution in [2.24, 2.45) is 5.73 Å². The van der Waals surface area contributed by atoms with E-state index in [2.05, 4.69) is 44.0 Å². The van der Waals surface area contributed by atoms with Gasteiger partial charge in [-0.05, 0) is 64.0 Å². The molecule has 0 aliphatic heterocycles. The Labute approximate surface area is 111 Å². The summed E-state index contributed by atoms with van der Waals surface area (Å²) in [5.41, 5.74) is 7.94. The van der Waals surface area contributed by atoms with Crippen LogP contribution in [0.15, 0.2) is 18.2 Å². The second-order valence-electron chi connectivity index (χ2n) is 4.92. The Morgan fingerprint density at radius 2 is 1.89 bits per heavy atom. The number of aryl methyl sites for hydroxylation is 2. The molecule has 2 N–H and O–H groups in total. The number of ether oxygens (including phenoxy) is 1. The molecule has 1 aromatic carbocycles. The molecule has 0 heterocycles. The van der Waals surface area contributed by atoms with E-state index in [1.54, 1.807) is 0 Å². The minimum absolute atomic E-state index is 0.767. The van der Waals surface area contributed by atoms with Gasteiger partial charge in [0.15, 0.2) is 0 Å². The Morgan fingerprint density at radius 1 is 1.17 bits per heavy atom. The van der Waals surface area contributed by atoms with E-state index in [1.165, 1.54) is 11.1 Å². The summed E-state index contributed by atoms with van der Waals surface area (Å²) in [6.45, 7) is 7.85. The molecule has 18 heavy (non-hydrogen) atoms. The van der Waals surface area contributed by atoms with Crippen LogP contribution in [0.1, 0.15) is 24.0 Å². The fraction of sp³-hybridized carbons (Fsp3) is 0.600. The van der Waals surface area contributed by atoms with E-state index < -0.39 is 0 Å². The summed E-state index contributed by atoms with van der Waals surface area (Å²) in [4.78, 5) is 2.30. The molecule has 0 saturated heterocycles. The lowest BCUT2D eigenvalue weighted by molar-refractivity contribution is 0.261. The number of benzene rings is 1. The molecule has 0 fully saturated rings. The topological polar surface area (TPSA) is 38.5 Å². The van der Waals surface area contributed by atoms with Crippen molar-refractivity contribution in [2.45, 2.75) is 26.7 Å². The van der Waals surface area contributed by atoms with E-state index in [9.17, 15) is 0 Å². The fourth-order valence-electron chi connectivity index (χ4n) is 1.85. The minimum atomic E-state index is 0.767. The van der Waals surface area contributed by atoms with Crippen LogP contribution in [0.2, 0.25) is 0 Å². The van der Waals surface area contributed by atoms with Crippen molar-refractivity contribution in [3.63, 3.8) is 0 Å². The zero-order valence-electron chi connectivity index (χ0n) is 11.9. The van der Waals surface area contributed by atoms with Crippen LogP contribution < -0.4 is 10.5 Å². The SMILES string of the molecule is Cc1ccc(C)c(OCCCN(C)CCCN)c1. The normalized spacial score (nSPS) is 10.9. The molecule has 0 unspecified atom stereocenters. The van der Waals surface area contributed by atoms with E-state index in [4.69, 9.17) is 10.5 Å². The van der Waals surface area contributed by atoms with Crippen LogP contribution in [0.3, 0.4) is 0 Å². The fourth-order valence-corrected chi connectivity index (χ4v) is 1.85. The monoisotopic (exact) mass is 250 g/mol. The minimum Gasteiger partial charge on any atom is -0.493 e. The highest BCUT2D eigenvalue weighted by atomic mass is 16.5. The standard InChI is InChI=1S/C15H26N2O/c1-13-6-7-14(2)15(12-13)18-11-5-10-17(3)9-4-8-16/h6-7,12H,4-5,8-11,16H2,1-3H3. The molecule has 3 nitrogen and oxygen atoms in total. The highest BCUT2D eigenvalue weighted by Crippen LogP contribution is 2.19. The maximum atomic E-state index is 5.82. The molecule has 0 atom stereocenters. The molecule has 0 bridgehead atoms. The van der Waals surface area contributed by atoms with Crippen LogP contribution in [0.25, 0.3) is 0 Å². The average molecular weight is 250 g/mol. The van der Waals surface area contributed by atoms with Gasteiger partial charge in [0.2, 0.25) is 0 Å². The first-order valence-corrected chi connectivity index (χ1v) is 6.72. The summed E-state index contributed by atoms with van der Waals surface area (Å²) < 4.78 is 5.82. The molecular weight excluding hydrogens is 224 g/mol. The average Bonchev–Trinajstić information content (AvgIpc) is 2.36. The number of hydrogen-bond acceptors (Lipinski definition) is 3. The lowest BCUT2D eigenvalue weighted by atomic mass is 10.1. The second-order valence-corrected chi connectivity index (χ2v) is 4.92. The lowest BCUT2D eigenvalue weighted by Gasteiger charge is -2.16. The molecule has 1 aromatic rings. The van der Waals surface area contributed by atoms with E-state index in [-0.39, 0.29) is 0 Å². The Morgan fingerprint density at radius 3 is 2.61 bits per heavy atom. The van der Waals surface area contributed by atoms with Crippen LogP contribution >= 0.6 is 0 Å². The van der Waals surface area contributed by atoms with E-state index in [1.807, 2.05) is 0 Å². The van der Waals surface area contributed by atoms with E-state index in [0.29, 0.717) is 0 Å². The number of nitrogens with zero attached hydrogens (tertiary/aromatic N) is 1. The third kappa shape index (κ3) is 5.52. The quantitative estimate of drug-likeness (QED) is 0.720. The third-order valence-electron chi connectivity index (χ3n) is 3.03. The Kier molecular flexibility index (Phi) is 6.76. The molecule has 3 heteroatoms. The smallest absolute Gasteiger partial charge is 0.122 e. The van der Waals surface area contributed by atoms with Gasteiger partial charge in [-0.1, -0.05) is 12.1 Å². The third-order valence-corrected chi connectivity index (χ3v) is 3.03. The van der Waals surface area contributed by atoms with Crippen molar-refractivity contribution in [2.75, 3.05) is 33.3 Å². The second kappa shape index (κ2) is 8.11. The van der Waals surface area contributed by atoms with E-state index in [0.717, 1.165) is 44.8 Å². The van der Waals surface area contributed by atoms with Gasteiger partial charge in [0, 0.05) is 6.54 Å². The van der Waals surface area contributed by atoms with Gasteiger partial charge in [-0.25, -0.2) is 0 Å². The summed E-state index contributed by atoms with van der Waals surface area (Å²) in [7, 11) is 2.13. The Balaban J connectivity index is 2.23. The molecule has 0 aliphatic carbocycles. The highest BCUT2D eigenvalue weighted by Gasteiger charge is 2.01. The number of rotatable bonds is 8. The Bertz CT molecular complexity index is 352. The van der Waals surface area contributed by atoms with Gasteiger partial charge in [-0.2, -0.15) is 0 Å². The maximum absolute atomic E-state index is 5.82. The van der Waals surface area contributed by atoms with Gasteiger partial charge in [-0.15, -0.1) is 0 Å². The molecule has 0 amide bonds. The molecule has 102 valence electrons. The molecule has 0 saturated carbocycles. The summed E-state index contributed by atoms with van der Waals surface area (Å²) >= 11 is 0. The van der Waals surface area contributed by atoms with Crippen LogP contribution in [0.4, 0.5) is 0 Å². The first kappa shape index (κ1) is 15.0. The van der Waals surface area contributed by atoms with Crippen molar-refractivity contribution < 1.29 is 4.74 Å². The molecule has 1 rings (SSSR count).